The van der Waals surface area contributed by atoms with Gasteiger partial charge in [0, 0.05) is 5.56 Å². The van der Waals surface area contributed by atoms with Crippen LogP contribution in [0.5, 0.6) is 0 Å². The molecule has 0 aromatic heterocycles. The normalized spacial score (nSPS) is 23.0. The summed E-state index contributed by atoms with van der Waals surface area (Å²) in [5.74, 6) is -0.182. The Labute approximate surface area is 127 Å². The van der Waals surface area contributed by atoms with Crippen molar-refractivity contribution < 1.29 is 13.2 Å². The van der Waals surface area contributed by atoms with E-state index < -0.39 is 9.84 Å². The molecule has 2 rings (SSSR count). The summed E-state index contributed by atoms with van der Waals surface area (Å²) in [4.78, 5) is 12.4. The topological polar surface area (TPSA) is 51.2 Å². The number of carbonyl (C=O) groups is 1. The molecule has 1 aliphatic rings. The monoisotopic (exact) mass is 308 g/mol. The van der Waals surface area contributed by atoms with Crippen molar-refractivity contribution in [1.29, 1.82) is 0 Å². The van der Waals surface area contributed by atoms with Crippen molar-refractivity contribution in [1.82, 2.24) is 0 Å². The molecule has 21 heavy (non-hydrogen) atoms. The second-order valence-corrected chi connectivity index (χ2v) is 8.72. The maximum absolute atomic E-state index is 12.5. The molecular weight excluding hydrogens is 284 g/mol. The van der Waals surface area contributed by atoms with Crippen molar-refractivity contribution in [3.63, 3.8) is 0 Å². The molecule has 1 aliphatic carbocycles. The smallest absolute Gasteiger partial charge is 0.178 e. The van der Waals surface area contributed by atoms with Gasteiger partial charge in [-0.1, -0.05) is 37.5 Å². The largest absolute Gasteiger partial charge is 0.293 e. The van der Waals surface area contributed by atoms with Crippen LogP contribution in [-0.2, 0) is 9.84 Å². The third kappa shape index (κ3) is 3.94. The Kier molecular flexibility index (Phi) is 4.87. The van der Waals surface area contributed by atoms with E-state index in [4.69, 9.17) is 0 Å². The van der Waals surface area contributed by atoms with Gasteiger partial charge in [-0.2, -0.15) is 0 Å². The molecule has 1 aromatic rings. The van der Waals surface area contributed by atoms with E-state index in [-0.39, 0.29) is 16.8 Å². The Morgan fingerprint density at radius 3 is 2.62 bits per heavy atom. The lowest BCUT2D eigenvalue weighted by molar-refractivity contribution is 0.102. The molecule has 0 saturated heterocycles. The maximum atomic E-state index is 12.5. The highest BCUT2D eigenvalue weighted by molar-refractivity contribution is 7.92. The highest BCUT2D eigenvalue weighted by Crippen LogP contribution is 2.29. The Morgan fingerprint density at radius 2 is 1.95 bits per heavy atom. The number of hydrogen-bond acceptors (Lipinski definition) is 3. The van der Waals surface area contributed by atoms with Crippen LogP contribution in [0.2, 0.25) is 0 Å². The van der Waals surface area contributed by atoms with Crippen molar-refractivity contribution in [2.45, 2.75) is 51.7 Å². The van der Waals surface area contributed by atoms with E-state index in [1.165, 1.54) is 0 Å². The lowest BCUT2D eigenvalue weighted by atomic mass is 9.91. The second-order valence-electron chi connectivity index (χ2n) is 6.44. The van der Waals surface area contributed by atoms with Gasteiger partial charge in [0.1, 0.15) is 5.75 Å². The first-order valence-electron chi connectivity index (χ1n) is 7.61. The predicted octanol–water partition coefficient (Wildman–Crippen LogP) is 3.48. The fourth-order valence-electron chi connectivity index (χ4n) is 3.12. The van der Waals surface area contributed by atoms with Crippen molar-refractivity contribution in [3.8, 4) is 0 Å². The zero-order chi connectivity index (χ0) is 15.6. The van der Waals surface area contributed by atoms with E-state index in [0.717, 1.165) is 24.0 Å². The van der Waals surface area contributed by atoms with E-state index in [1.807, 2.05) is 26.0 Å². The lowest BCUT2D eigenvalue weighted by Gasteiger charge is -2.26. The quantitative estimate of drug-likeness (QED) is 0.800. The Hall–Kier alpha value is -1.16. The summed E-state index contributed by atoms with van der Waals surface area (Å²) in [6.45, 7) is 5.85. The van der Waals surface area contributed by atoms with E-state index in [9.17, 15) is 13.2 Å². The summed E-state index contributed by atoms with van der Waals surface area (Å²) in [5, 5.41) is -0.338. The van der Waals surface area contributed by atoms with Gasteiger partial charge < -0.3 is 0 Å². The van der Waals surface area contributed by atoms with E-state index >= 15 is 0 Å². The van der Waals surface area contributed by atoms with Gasteiger partial charge in [0.2, 0.25) is 0 Å². The molecule has 4 heteroatoms. The lowest BCUT2D eigenvalue weighted by Crippen LogP contribution is -2.32. The Bertz CT molecular complexity index is 631. The zero-order valence-electron chi connectivity index (χ0n) is 13.1. The molecule has 0 radical (unpaired) electrons. The summed E-state index contributed by atoms with van der Waals surface area (Å²) in [5.41, 5.74) is 2.37. The van der Waals surface area contributed by atoms with Crippen LogP contribution in [-0.4, -0.2) is 25.2 Å². The van der Waals surface area contributed by atoms with Crippen LogP contribution in [0.4, 0.5) is 0 Å². The molecule has 1 fully saturated rings. The average Bonchev–Trinajstić information content (AvgIpc) is 2.41. The molecular formula is C17H24O3S. The van der Waals surface area contributed by atoms with Crippen molar-refractivity contribution in [2.75, 3.05) is 5.75 Å². The molecule has 1 saturated carbocycles. The number of ketones is 1. The van der Waals surface area contributed by atoms with Gasteiger partial charge in [0.15, 0.2) is 15.6 Å². The number of rotatable bonds is 4. The van der Waals surface area contributed by atoms with Crippen LogP contribution in [0, 0.1) is 19.8 Å². The fraction of sp³-hybridized carbons (Fsp3) is 0.588. The first-order chi connectivity index (χ1) is 9.79. The van der Waals surface area contributed by atoms with E-state index in [1.54, 1.807) is 6.07 Å². The van der Waals surface area contributed by atoms with Crippen LogP contribution < -0.4 is 0 Å². The molecule has 0 aliphatic heterocycles. The van der Waals surface area contributed by atoms with Crippen molar-refractivity contribution in [2.24, 2.45) is 5.92 Å². The molecule has 2 unspecified atom stereocenters. The molecule has 2 atom stereocenters. The highest BCUT2D eigenvalue weighted by Gasteiger charge is 2.32. The van der Waals surface area contributed by atoms with Crippen LogP contribution in [0.15, 0.2) is 18.2 Å². The van der Waals surface area contributed by atoms with Crippen LogP contribution in [0.1, 0.15) is 54.1 Å². The summed E-state index contributed by atoms with van der Waals surface area (Å²) < 4.78 is 25.0. The molecule has 0 spiro atoms. The number of hydrogen-bond donors (Lipinski definition) is 0. The number of carbonyl (C=O) groups excluding carboxylic acids is 1. The molecule has 0 bridgehead atoms. The molecule has 3 nitrogen and oxygen atoms in total. The summed E-state index contributed by atoms with van der Waals surface area (Å²) in [7, 11) is -3.34. The van der Waals surface area contributed by atoms with Gasteiger partial charge >= 0.3 is 0 Å². The minimum atomic E-state index is -3.34. The molecule has 1 aromatic carbocycles. The van der Waals surface area contributed by atoms with Gasteiger partial charge in [-0.25, -0.2) is 8.42 Å². The summed E-state index contributed by atoms with van der Waals surface area (Å²) >= 11 is 0. The minimum absolute atomic E-state index is 0.269. The van der Waals surface area contributed by atoms with E-state index in [0.29, 0.717) is 24.3 Å². The number of aryl methyl sites for hydroxylation is 2. The number of sulfone groups is 1. The molecule has 116 valence electrons. The second kappa shape index (κ2) is 6.30. The van der Waals surface area contributed by atoms with Crippen LogP contribution >= 0.6 is 0 Å². The molecule has 0 heterocycles. The minimum Gasteiger partial charge on any atom is -0.293 e. The van der Waals surface area contributed by atoms with Gasteiger partial charge in [0.25, 0.3) is 0 Å². The van der Waals surface area contributed by atoms with Gasteiger partial charge in [-0.15, -0.1) is 0 Å². The first-order valence-corrected chi connectivity index (χ1v) is 9.33. The first kappa shape index (κ1) is 16.2. The number of benzene rings is 1. The maximum Gasteiger partial charge on any atom is 0.178 e. The van der Waals surface area contributed by atoms with Gasteiger partial charge in [-0.3, -0.25) is 4.79 Å². The van der Waals surface area contributed by atoms with Crippen molar-refractivity contribution in [3.05, 3.63) is 34.9 Å². The average molecular weight is 308 g/mol. The standard InChI is InChI=1S/C17H24O3S/c1-12-5-4-6-15(9-12)21(19,20)11-17(18)16-10-13(2)7-8-14(16)3/h7-8,10,12,15H,4-6,9,11H2,1-3H3. The number of Topliss-reactive ketones (excluding diaryl/α,β-unsaturated/α-hetero) is 1. The SMILES string of the molecule is Cc1ccc(C)c(C(=O)CS(=O)(=O)C2CCCC(C)C2)c1. The predicted molar refractivity (Wildman–Crippen MR) is 85.5 cm³/mol. The Balaban J connectivity index is 2.16. The third-order valence-electron chi connectivity index (χ3n) is 4.42. The molecule has 0 amide bonds. The zero-order valence-corrected chi connectivity index (χ0v) is 13.9. The van der Waals surface area contributed by atoms with Gasteiger partial charge in [0.05, 0.1) is 5.25 Å². The van der Waals surface area contributed by atoms with Crippen LogP contribution in [0.3, 0.4) is 0 Å². The Morgan fingerprint density at radius 1 is 1.24 bits per heavy atom. The van der Waals surface area contributed by atoms with Gasteiger partial charge in [-0.05, 0) is 44.2 Å². The fourth-order valence-corrected chi connectivity index (χ4v) is 5.02. The van der Waals surface area contributed by atoms with Crippen molar-refractivity contribution >= 4 is 15.6 Å². The third-order valence-corrected chi connectivity index (χ3v) is 6.53. The summed E-state index contributed by atoms with van der Waals surface area (Å²) in [6, 6.07) is 5.60. The summed E-state index contributed by atoms with van der Waals surface area (Å²) in [6.07, 6.45) is 3.44. The molecule has 0 N–H and O–H groups in total. The van der Waals surface area contributed by atoms with E-state index in [2.05, 4.69) is 6.92 Å². The van der Waals surface area contributed by atoms with Crippen LogP contribution in [0.25, 0.3) is 0 Å². The highest BCUT2D eigenvalue weighted by atomic mass is 32.2.